The van der Waals surface area contributed by atoms with E-state index in [1.54, 1.807) is 0 Å². The molecular weight excluding hydrogens is 248 g/mol. The maximum atomic E-state index is 5.72. The van der Waals surface area contributed by atoms with Crippen molar-refractivity contribution in [2.45, 2.75) is 65.0 Å². The van der Waals surface area contributed by atoms with E-state index in [1.165, 1.54) is 38.8 Å². The van der Waals surface area contributed by atoms with Crippen molar-refractivity contribution in [3.8, 4) is 0 Å². The molecule has 2 rings (SSSR count). The Morgan fingerprint density at radius 3 is 2.70 bits per heavy atom. The quantitative estimate of drug-likeness (QED) is 0.693. The van der Waals surface area contributed by atoms with Gasteiger partial charge in [0, 0.05) is 44.4 Å². The number of nitrogens with one attached hydrogen (secondary N) is 1. The van der Waals surface area contributed by atoms with Crippen LogP contribution in [0.1, 0.15) is 53.4 Å². The normalized spacial score (nSPS) is 31.9. The minimum absolute atomic E-state index is 0.366. The van der Waals surface area contributed by atoms with Gasteiger partial charge < -0.3 is 10.1 Å². The summed E-state index contributed by atoms with van der Waals surface area (Å²) in [6, 6.07) is 0.715. The van der Waals surface area contributed by atoms with E-state index >= 15 is 0 Å². The van der Waals surface area contributed by atoms with Crippen molar-refractivity contribution in [2.24, 2.45) is 11.8 Å². The van der Waals surface area contributed by atoms with E-state index in [9.17, 15) is 0 Å². The van der Waals surface area contributed by atoms with Crippen LogP contribution in [0.3, 0.4) is 0 Å². The minimum atomic E-state index is 0.366. The molecule has 2 fully saturated rings. The average molecular weight is 282 g/mol. The van der Waals surface area contributed by atoms with E-state index in [2.05, 4.69) is 37.9 Å². The standard InChI is InChI=1S/C17H34N2O/c1-5-16-11-18-17(4,15-7-8-15)13-19(16)9-6-10-20-12-14(2)3/h14-16,18H,5-13H2,1-4H3. The second-order valence-corrected chi connectivity index (χ2v) is 7.43. The summed E-state index contributed by atoms with van der Waals surface area (Å²) in [5.74, 6) is 1.57. The fourth-order valence-corrected chi connectivity index (χ4v) is 3.43. The van der Waals surface area contributed by atoms with Crippen molar-refractivity contribution in [3.63, 3.8) is 0 Å². The van der Waals surface area contributed by atoms with Gasteiger partial charge in [-0.05, 0) is 44.4 Å². The van der Waals surface area contributed by atoms with Gasteiger partial charge in [-0.2, -0.15) is 0 Å². The number of hydrogen-bond donors (Lipinski definition) is 1. The van der Waals surface area contributed by atoms with Gasteiger partial charge in [-0.1, -0.05) is 20.8 Å². The zero-order valence-electron chi connectivity index (χ0n) is 14.0. The Labute approximate surface area is 125 Å². The van der Waals surface area contributed by atoms with Crippen LogP contribution in [-0.4, -0.2) is 49.3 Å². The van der Waals surface area contributed by atoms with Gasteiger partial charge in [0.2, 0.25) is 0 Å². The lowest BCUT2D eigenvalue weighted by molar-refractivity contribution is 0.0539. The molecule has 1 heterocycles. The Hall–Kier alpha value is -0.120. The number of nitrogens with zero attached hydrogens (tertiary/aromatic N) is 1. The highest BCUT2D eigenvalue weighted by Gasteiger charge is 2.45. The largest absolute Gasteiger partial charge is 0.381 e. The average Bonchev–Trinajstić information content (AvgIpc) is 3.23. The topological polar surface area (TPSA) is 24.5 Å². The Kier molecular flexibility index (Phi) is 5.88. The van der Waals surface area contributed by atoms with Crippen LogP contribution in [-0.2, 0) is 4.74 Å². The molecule has 2 unspecified atom stereocenters. The van der Waals surface area contributed by atoms with Crippen molar-refractivity contribution < 1.29 is 4.74 Å². The lowest BCUT2D eigenvalue weighted by Gasteiger charge is -2.46. The van der Waals surface area contributed by atoms with Crippen molar-refractivity contribution >= 4 is 0 Å². The third-order valence-electron chi connectivity index (χ3n) is 4.92. The third kappa shape index (κ3) is 4.44. The molecule has 20 heavy (non-hydrogen) atoms. The predicted octanol–water partition coefficient (Wildman–Crippen LogP) is 2.90. The molecule has 0 amide bonds. The van der Waals surface area contributed by atoms with Gasteiger partial charge in [0.15, 0.2) is 0 Å². The van der Waals surface area contributed by atoms with Gasteiger partial charge in [0.1, 0.15) is 0 Å². The van der Waals surface area contributed by atoms with Crippen LogP contribution in [0.15, 0.2) is 0 Å². The number of rotatable bonds is 8. The van der Waals surface area contributed by atoms with Gasteiger partial charge in [-0.25, -0.2) is 0 Å². The van der Waals surface area contributed by atoms with E-state index in [0.717, 1.165) is 25.7 Å². The van der Waals surface area contributed by atoms with Gasteiger partial charge in [-0.3, -0.25) is 4.90 Å². The molecule has 0 radical (unpaired) electrons. The summed E-state index contributed by atoms with van der Waals surface area (Å²) in [6.45, 7) is 14.6. The number of piperazine rings is 1. The van der Waals surface area contributed by atoms with Gasteiger partial charge in [0.25, 0.3) is 0 Å². The first-order valence-electron chi connectivity index (χ1n) is 8.62. The molecule has 3 nitrogen and oxygen atoms in total. The maximum absolute atomic E-state index is 5.72. The number of ether oxygens (including phenoxy) is 1. The lowest BCUT2D eigenvalue weighted by atomic mass is 9.90. The first-order chi connectivity index (χ1) is 9.55. The van der Waals surface area contributed by atoms with Crippen LogP contribution < -0.4 is 5.32 Å². The van der Waals surface area contributed by atoms with Crippen LogP contribution in [0.25, 0.3) is 0 Å². The molecule has 2 atom stereocenters. The van der Waals surface area contributed by atoms with Crippen LogP contribution >= 0.6 is 0 Å². The molecule has 0 spiro atoms. The van der Waals surface area contributed by atoms with E-state index < -0.39 is 0 Å². The Balaban J connectivity index is 1.74. The SMILES string of the molecule is CCC1CNC(C)(C2CC2)CN1CCCOCC(C)C. The van der Waals surface area contributed by atoms with Gasteiger partial charge in [-0.15, -0.1) is 0 Å². The third-order valence-corrected chi connectivity index (χ3v) is 4.92. The number of hydrogen-bond acceptors (Lipinski definition) is 3. The van der Waals surface area contributed by atoms with E-state index in [4.69, 9.17) is 4.74 Å². The highest BCUT2D eigenvalue weighted by Crippen LogP contribution is 2.41. The van der Waals surface area contributed by atoms with Crippen LogP contribution in [0.2, 0.25) is 0 Å². The highest BCUT2D eigenvalue weighted by molar-refractivity contribution is 5.03. The molecule has 1 aliphatic heterocycles. The Morgan fingerprint density at radius 2 is 2.10 bits per heavy atom. The summed E-state index contributed by atoms with van der Waals surface area (Å²) in [5.41, 5.74) is 0.366. The molecule has 2 aliphatic rings. The summed E-state index contributed by atoms with van der Waals surface area (Å²) >= 11 is 0. The smallest absolute Gasteiger partial charge is 0.0489 e. The first-order valence-corrected chi connectivity index (χ1v) is 8.62. The Morgan fingerprint density at radius 1 is 1.35 bits per heavy atom. The molecule has 0 aromatic carbocycles. The van der Waals surface area contributed by atoms with E-state index in [0.29, 0.717) is 17.5 Å². The molecule has 1 saturated heterocycles. The second kappa shape index (κ2) is 7.24. The molecule has 1 saturated carbocycles. The fraction of sp³-hybridized carbons (Fsp3) is 1.00. The monoisotopic (exact) mass is 282 g/mol. The van der Waals surface area contributed by atoms with Crippen molar-refractivity contribution in [3.05, 3.63) is 0 Å². The Bertz CT molecular complexity index is 291. The van der Waals surface area contributed by atoms with Gasteiger partial charge >= 0.3 is 0 Å². The first kappa shape index (κ1) is 16.3. The van der Waals surface area contributed by atoms with Crippen molar-refractivity contribution in [2.75, 3.05) is 32.8 Å². The molecule has 0 aromatic heterocycles. The fourth-order valence-electron chi connectivity index (χ4n) is 3.43. The minimum Gasteiger partial charge on any atom is -0.381 e. The zero-order chi connectivity index (χ0) is 14.6. The lowest BCUT2D eigenvalue weighted by Crippen LogP contribution is -2.63. The van der Waals surface area contributed by atoms with Gasteiger partial charge in [0.05, 0.1) is 0 Å². The van der Waals surface area contributed by atoms with E-state index in [-0.39, 0.29) is 0 Å². The molecular formula is C17H34N2O. The highest BCUT2D eigenvalue weighted by atomic mass is 16.5. The van der Waals surface area contributed by atoms with E-state index in [1.807, 2.05) is 0 Å². The summed E-state index contributed by atoms with van der Waals surface area (Å²) < 4.78 is 5.72. The second-order valence-electron chi connectivity index (χ2n) is 7.43. The predicted molar refractivity (Wildman–Crippen MR) is 85.1 cm³/mol. The molecule has 1 N–H and O–H groups in total. The summed E-state index contributed by atoms with van der Waals surface area (Å²) in [5, 5.41) is 3.83. The molecule has 1 aliphatic carbocycles. The maximum Gasteiger partial charge on any atom is 0.0489 e. The van der Waals surface area contributed by atoms with Crippen molar-refractivity contribution in [1.29, 1.82) is 0 Å². The molecule has 0 aromatic rings. The van der Waals surface area contributed by atoms with Crippen LogP contribution in [0.4, 0.5) is 0 Å². The summed E-state index contributed by atoms with van der Waals surface area (Å²) in [6.07, 6.45) is 5.27. The van der Waals surface area contributed by atoms with Crippen LogP contribution in [0.5, 0.6) is 0 Å². The summed E-state index contributed by atoms with van der Waals surface area (Å²) in [4.78, 5) is 2.72. The molecule has 0 bridgehead atoms. The van der Waals surface area contributed by atoms with Crippen LogP contribution in [0, 0.1) is 11.8 Å². The van der Waals surface area contributed by atoms with Crippen molar-refractivity contribution in [1.82, 2.24) is 10.2 Å². The molecule has 118 valence electrons. The molecule has 3 heteroatoms. The zero-order valence-corrected chi connectivity index (χ0v) is 14.0. The summed E-state index contributed by atoms with van der Waals surface area (Å²) in [7, 11) is 0.